The second-order valence-electron chi connectivity index (χ2n) is 13.7. The molecule has 0 aromatic rings. The molecule has 4 nitrogen and oxygen atoms in total. The molecule has 0 aliphatic heterocycles. The predicted molar refractivity (Wildman–Crippen MR) is 207 cm³/mol. The molecule has 0 unspecified atom stereocenters. The molecule has 4 N–H and O–H groups in total. The molecule has 0 atom stereocenters. The number of carbonyl (C=O) groups excluding carboxylic acids is 2. The van der Waals surface area contributed by atoms with Crippen molar-refractivity contribution in [2.24, 2.45) is 11.5 Å². The van der Waals surface area contributed by atoms with Crippen LogP contribution in [0.1, 0.15) is 245 Å². The van der Waals surface area contributed by atoms with Crippen molar-refractivity contribution in [1.29, 1.82) is 0 Å². The minimum absolute atomic E-state index is 0.152. The Morgan fingerprint density at radius 1 is 0.304 bits per heavy atom. The van der Waals surface area contributed by atoms with Gasteiger partial charge in [0.25, 0.3) is 0 Å². The number of amides is 2. The maximum atomic E-state index is 10.6. The zero-order valence-electron chi connectivity index (χ0n) is 31.8. The first-order valence-corrected chi connectivity index (χ1v) is 20.6. The van der Waals surface area contributed by atoms with Crippen molar-refractivity contribution in [1.82, 2.24) is 0 Å². The van der Waals surface area contributed by atoms with Crippen LogP contribution in [0.15, 0.2) is 13.2 Å². The number of hydrogen-bond donors (Lipinski definition) is 2. The summed E-state index contributed by atoms with van der Waals surface area (Å²) in [6.07, 6.45) is 47.7. The smallest absolute Gasteiger partial charge is 0.217 e. The monoisotopic (exact) mass is 651 g/mol. The van der Waals surface area contributed by atoms with Crippen molar-refractivity contribution in [2.45, 2.75) is 245 Å². The molecule has 0 saturated carbocycles. The van der Waals surface area contributed by atoms with Gasteiger partial charge >= 0.3 is 0 Å². The third-order valence-electron chi connectivity index (χ3n) is 9.05. The molecule has 0 rings (SSSR count). The summed E-state index contributed by atoms with van der Waals surface area (Å²) in [5.41, 5.74) is 10.2. The Kier molecular flexibility index (Phi) is 51.3. The van der Waals surface area contributed by atoms with Crippen LogP contribution in [-0.2, 0) is 9.59 Å². The van der Waals surface area contributed by atoms with E-state index in [0.717, 1.165) is 12.8 Å². The van der Waals surface area contributed by atoms with Crippen LogP contribution >= 0.6 is 0 Å². The Balaban J connectivity index is -0.000000762. The minimum Gasteiger partial charge on any atom is -0.370 e. The summed E-state index contributed by atoms with van der Waals surface area (Å²) >= 11 is 0. The zero-order chi connectivity index (χ0) is 34.6. The zero-order valence-corrected chi connectivity index (χ0v) is 31.8. The first-order chi connectivity index (χ1) is 22.5. The molecule has 0 saturated heterocycles. The highest BCUT2D eigenvalue weighted by Gasteiger charge is 1.98. The van der Waals surface area contributed by atoms with E-state index in [0.29, 0.717) is 12.8 Å². The fourth-order valence-electron chi connectivity index (χ4n) is 6.05. The third-order valence-corrected chi connectivity index (χ3v) is 9.05. The summed E-state index contributed by atoms with van der Waals surface area (Å²) in [7, 11) is 0. The quantitative estimate of drug-likeness (QED) is 0.0522. The summed E-state index contributed by atoms with van der Waals surface area (Å²) in [5, 5.41) is 0. The second-order valence-corrected chi connectivity index (χ2v) is 13.7. The van der Waals surface area contributed by atoms with E-state index in [1.54, 1.807) is 0 Å². The molecule has 276 valence electrons. The van der Waals surface area contributed by atoms with Gasteiger partial charge in [0.05, 0.1) is 0 Å². The lowest BCUT2D eigenvalue weighted by atomic mass is 10.0. The van der Waals surface area contributed by atoms with Crippen LogP contribution in [0.2, 0.25) is 0 Å². The topological polar surface area (TPSA) is 86.2 Å². The van der Waals surface area contributed by atoms with Gasteiger partial charge in [0.2, 0.25) is 11.8 Å². The lowest BCUT2D eigenvalue weighted by Crippen LogP contribution is -2.09. The van der Waals surface area contributed by atoms with Gasteiger partial charge in [-0.15, -0.1) is 13.2 Å². The van der Waals surface area contributed by atoms with Gasteiger partial charge in [-0.25, -0.2) is 0 Å². The van der Waals surface area contributed by atoms with Crippen LogP contribution in [-0.4, -0.2) is 11.8 Å². The molecule has 0 radical (unpaired) electrons. The van der Waals surface area contributed by atoms with E-state index in [4.69, 9.17) is 11.5 Å². The van der Waals surface area contributed by atoms with Gasteiger partial charge in [-0.3, -0.25) is 9.59 Å². The molecule has 0 aromatic heterocycles. The molecule has 0 spiro atoms. The van der Waals surface area contributed by atoms with Gasteiger partial charge < -0.3 is 11.5 Å². The van der Waals surface area contributed by atoms with Crippen molar-refractivity contribution in [3.05, 3.63) is 13.2 Å². The van der Waals surface area contributed by atoms with Crippen LogP contribution in [0.5, 0.6) is 0 Å². The molecule has 0 aliphatic carbocycles. The summed E-state index contributed by atoms with van der Waals surface area (Å²) in [6, 6.07) is 0. The van der Waals surface area contributed by atoms with E-state index in [9.17, 15) is 9.59 Å². The highest BCUT2D eigenvalue weighted by Crippen LogP contribution is 2.15. The molecule has 4 heteroatoms. The Labute approximate surface area is 290 Å². The largest absolute Gasteiger partial charge is 0.370 e. The molecular formula is C42H86N2O2. The van der Waals surface area contributed by atoms with Gasteiger partial charge in [0.1, 0.15) is 0 Å². The van der Waals surface area contributed by atoms with Gasteiger partial charge in [0, 0.05) is 12.8 Å². The van der Waals surface area contributed by atoms with Crippen LogP contribution in [0.3, 0.4) is 0 Å². The number of hydrogen-bond acceptors (Lipinski definition) is 2. The standard InChI is InChI=1S/2C20H41NO.C2H4/c2*1-2-3-4-5-6-7-8-9-10-11-12-13-14-15-16-17-18-19-20(21)22;1-2/h2*2-19H2,1H3,(H2,21,22);1-2H2. The fourth-order valence-corrected chi connectivity index (χ4v) is 6.05. The summed E-state index contributed by atoms with van der Waals surface area (Å²) in [4.78, 5) is 21.2. The van der Waals surface area contributed by atoms with Crippen LogP contribution in [0.4, 0.5) is 0 Å². The van der Waals surface area contributed by atoms with Crippen molar-refractivity contribution >= 4 is 11.8 Å². The predicted octanol–water partition coefficient (Wildman–Crippen LogP) is 13.8. The van der Waals surface area contributed by atoms with Gasteiger partial charge in [0.15, 0.2) is 0 Å². The lowest BCUT2D eigenvalue weighted by molar-refractivity contribution is -0.119. The Morgan fingerprint density at radius 2 is 0.435 bits per heavy atom. The van der Waals surface area contributed by atoms with E-state index in [1.165, 1.54) is 205 Å². The normalized spacial score (nSPS) is 10.6. The molecule has 0 bridgehead atoms. The summed E-state index contributed by atoms with van der Waals surface area (Å²) in [5.74, 6) is -0.304. The Hall–Kier alpha value is -1.32. The summed E-state index contributed by atoms with van der Waals surface area (Å²) < 4.78 is 0. The van der Waals surface area contributed by atoms with Crippen molar-refractivity contribution in [3.63, 3.8) is 0 Å². The molecule has 0 aromatic carbocycles. The average Bonchev–Trinajstić information content (AvgIpc) is 3.05. The van der Waals surface area contributed by atoms with Gasteiger partial charge in [-0.05, 0) is 12.8 Å². The van der Waals surface area contributed by atoms with Crippen LogP contribution in [0, 0.1) is 0 Å². The number of primary amides is 2. The molecular weight excluding hydrogens is 564 g/mol. The maximum absolute atomic E-state index is 10.6. The Bertz CT molecular complexity index is 518. The lowest BCUT2D eigenvalue weighted by Gasteiger charge is -2.03. The molecule has 0 aliphatic rings. The van der Waals surface area contributed by atoms with Gasteiger partial charge in [-0.2, -0.15) is 0 Å². The first kappa shape index (κ1) is 49.1. The minimum atomic E-state index is -0.152. The van der Waals surface area contributed by atoms with Crippen molar-refractivity contribution < 1.29 is 9.59 Å². The number of unbranched alkanes of at least 4 members (excludes halogenated alkanes) is 32. The molecule has 46 heavy (non-hydrogen) atoms. The maximum Gasteiger partial charge on any atom is 0.217 e. The number of carbonyl (C=O) groups is 2. The van der Waals surface area contributed by atoms with E-state index in [2.05, 4.69) is 27.0 Å². The van der Waals surface area contributed by atoms with Crippen LogP contribution in [0.25, 0.3) is 0 Å². The van der Waals surface area contributed by atoms with Crippen molar-refractivity contribution in [2.75, 3.05) is 0 Å². The molecule has 0 fully saturated rings. The van der Waals surface area contributed by atoms with Gasteiger partial charge in [-0.1, -0.05) is 219 Å². The molecule has 2 amide bonds. The van der Waals surface area contributed by atoms with Crippen molar-refractivity contribution in [3.8, 4) is 0 Å². The molecule has 0 heterocycles. The Morgan fingerprint density at radius 3 is 0.565 bits per heavy atom. The van der Waals surface area contributed by atoms with E-state index < -0.39 is 0 Å². The van der Waals surface area contributed by atoms with E-state index in [-0.39, 0.29) is 11.8 Å². The van der Waals surface area contributed by atoms with E-state index >= 15 is 0 Å². The van der Waals surface area contributed by atoms with Crippen LogP contribution < -0.4 is 11.5 Å². The SMILES string of the molecule is C=C.CCCCCCCCCCCCCCCCCCCC(N)=O.CCCCCCCCCCCCCCCCCCCC(N)=O. The van der Waals surface area contributed by atoms with E-state index in [1.807, 2.05) is 0 Å². The third kappa shape index (κ3) is 55.1. The number of nitrogens with two attached hydrogens (primary N) is 2. The highest BCUT2D eigenvalue weighted by atomic mass is 16.1. The average molecular weight is 651 g/mol. The second kappa shape index (κ2) is 48.1. The first-order valence-electron chi connectivity index (χ1n) is 20.6. The number of rotatable bonds is 36. The summed E-state index contributed by atoms with van der Waals surface area (Å²) in [6.45, 7) is 10.6. The fraction of sp³-hybridized carbons (Fsp3) is 0.905. The highest BCUT2D eigenvalue weighted by molar-refractivity contribution is 5.73.